The van der Waals surface area contributed by atoms with Crippen molar-refractivity contribution in [1.29, 1.82) is 0 Å². The van der Waals surface area contributed by atoms with Crippen molar-refractivity contribution in [3.63, 3.8) is 0 Å². The first-order valence-corrected chi connectivity index (χ1v) is 6.48. The maximum absolute atomic E-state index is 11.6. The molecule has 114 valence electrons. The molecular formula is C14H11ClN2O5. The van der Waals surface area contributed by atoms with E-state index in [2.05, 4.69) is 14.9 Å². The number of aromatic nitrogens is 1. The quantitative estimate of drug-likeness (QED) is 0.477. The summed E-state index contributed by atoms with van der Waals surface area (Å²) in [5.74, 6) is 0.193. The van der Waals surface area contributed by atoms with E-state index in [4.69, 9.17) is 20.9 Å². The average Bonchev–Trinajstić information content (AvgIpc) is 2.87. The molecule has 2 rings (SSSR count). The van der Waals surface area contributed by atoms with E-state index < -0.39 is 5.97 Å². The van der Waals surface area contributed by atoms with Crippen molar-refractivity contribution >= 4 is 29.3 Å². The molecule has 0 unspecified atom stereocenters. The molecule has 1 heterocycles. The predicted octanol–water partition coefficient (Wildman–Crippen LogP) is 2.97. The van der Waals surface area contributed by atoms with E-state index in [0.717, 1.165) is 0 Å². The van der Waals surface area contributed by atoms with Crippen LogP contribution in [0.2, 0.25) is 5.02 Å². The van der Waals surface area contributed by atoms with E-state index in [9.17, 15) is 9.59 Å². The minimum atomic E-state index is -0.614. The van der Waals surface area contributed by atoms with Crippen molar-refractivity contribution in [3.05, 3.63) is 40.2 Å². The minimum Gasteiger partial charge on any atom is -0.487 e. The molecule has 1 aromatic carbocycles. The summed E-state index contributed by atoms with van der Waals surface area (Å²) in [6.45, 7) is 1.68. The third-order valence-corrected chi connectivity index (χ3v) is 3.12. The zero-order valence-electron chi connectivity index (χ0n) is 11.8. The number of rotatable bonds is 5. The van der Waals surface area contributed by atoms with Crippen molar-refractivity contribution in [2.24, 2.45) is 4.99 Å². The number of isocyanates is 1. The minimum absolute atomic E-state index is 0.0236. The lowest BCUT2D eigenvalue weighted by molar-refractivity contribution is 0.0586. The van der Waals surface area contributed by atoms with Gasteiger partial charge in [-0.2, -0.15) is 4.99 Å². The summed E-state index contributed by atoms with van der Waals surface area (Å²) in [4.78, 5) is 25.2. The number of hydrogen-bond acceptors (Lipinski definition) is 7. The monoisotopic (exact) mass is 322 g/mol. The highest BCUT2D eigenvalue weighted by atomic mass is 35.5. The zero-order chi connectivity index (χ0) is 16.1. The Morgan fingerprint density at radius 2 is 2.27 bits per heavy atom. The molecule has 0 radical (unpaired) electrons. The molecule has 0 fully saturated rings. The predicted molar refractivity (Wildman–Crippen MR) is 76.1 cm³/mol. The van der Waals surface area contributed by atoms with Gasteiger partial charge in [0.25, 0.3) is 0 Å². The molecule has 0 aliphatic carbocycles. The van der Waals surface area contributed by atoms with Crippen LogP contribution in [0.5, 0.6) is 5.75 Å². The molecule has 2 aromatic rings. The third kappa shape index (κ3) is 3.33. The van der Waals surface area contributed by atoms with E-state index in [1.54, 1.807) is 19.1 Å². The van der Waals surface area contributed by atoms with Gasteiger partial charge < -0.3 is 14.0 Å². The van der Waals surface area contributed by atoms with Gasteiger partial charge in [-0.1, -0.05) is 16.8 Å². The lowest BCUT2D eigenvalue weighted by atomic mass is 10.2. The fraction of sp³-hybridized carbons (Fsp3) is 0.214. The van der Waals surface area contributed by atoms with Crippen LogP contribution in [0.4, 0.5) is 5.69 Å². The zero-order valence-corrected chi connectivity index (χ0v) is 12.5. The van der Waals surface area contributed by atoms with Crippen molar-refractivity contribution < 1.29 is 23.6 Å². The highest BCUT2D eigenvalue weighted by molar-refractivity contribution is 6.32. The second-order valence-electron chi connectivity index (χ2n) is 4.16. The molecule has 0 spiro atoms. The number of benzene rings is 1. The topological polar surface area (TPSA) is 91.0 Å². The fourth-order valence-corrected chi connectivity index (χ4v) is 1.93. The Morgan fingerprint density at radius 3 is 2.91 bits per heavy atom. The van der Waals surface area contributed by atoms with Crippen molar-refractivity contribution in [2.45, 2.75) is 13.5 Å². The molecule has 0 bridgehead atoms. The second kappa shape index (κ2) is 6.89. The SMILES string of the molecule is COC(=O)c1noc(C)c1COc1ccc(N=C=O)cc1Cl. The Balaban J connectivity index is 2.19. The van der Waals surface area contributed by atoms with E-state index in [1.807, 2.05) is 0 Å². The van der Waals surface area contributed by atoms with Crippen molar-refractivity contribution in [1.82, 2.24) is 5.16 Å². The number of aliphatic imine (C=N–C) groups is 1. The maximum atomic E-state index is 11.6. The van der Waals surface area contributed by atoms with Gasteiger partial charge >= 0.3 is 5.97 Å². The third-order valence-electron chi connectivity index (χ3n) is 2.83. The van der Waals surface area contributed by atoms with Gasteiger partial charge in [0.05, 0.1) is 23.4 Å². The van der Waals surface area contributed by atoms with Crippen LogP contribution in [0, 0.1) is 6.92 Å². The Kier molecular flexibility index (Phi) is 4.93. The van der Waals surface area contributed by atoms with Gasteiger partial charge in [-0.25, -0.2) is 9.59 Å². The van der Waals surface area contributed by atoms with Crippen molar-refractivity contribution in [2.75, 3.05) is 7.11 Å². The van der Waals surface area contributed by atoms with Crippen LogP contribution in [-0.2, 0) is 16.1 Å². The number of methoxy groups -OCH3 is 1. The molecule has 0 saturated carbocycles. The van der Waals surface area contributed by atoms with Crippen LogP contribution in [-0.4, -0.2) is 24.3 Å². The van der Waals surface area contributed by atoms with E-state index >= 15 is 0 Å². The van der Waals surface area contributed by atoms with Gasteiger partial charge in [-0.05, 0) is 25.1 Å². The standard InChI is InChI=1S/C14H11ClN2O5/c1-8-10(13(17-22-8)14(19)20-2)6-21-12-4-3-9(16-7-18)5-11(12)15/h3-5H,6H2,1-2H3. The summed E-state index contributed by atoms with van der Waals surface area (Å²) >= 11 is 6.03. The Labute approximate surface area is 130 Å². The molecular weight excluding hydrogens is 312 g/mol. The molecule has 0 atom stereocenters. The summed E-state index contributed by atoms with van der Waals surface area (Å²) in [6.07, 6.45) is 1.42. The number of halogens is 1. The van der Waals surface area contributed by atoms with Crippen LogP contribution >= 0.6 is 11.6 Å². The van der Waals surface area contributed by atoms with Crippen LogP contribution in [0.1, 0.15) is 21.8 Å². The molecule has 22 heavy (non-hydrogen) atoms. The van der Waals surface area contributed by atoms with Gasteiger partial charge in [0.15, 0.2) is 5.69 Å². The molecule has 0 N–H and O–H groups in total. The maximum Gasteiger partial charge on any atom is 0.360 e. The summed E-state index contributed by atoms with van der Waals surface area (Å²) < 4.78 is 15.1. The highest BCUT2D eigenvalue weighted by Crippen LogP contribution is 2.30. The second-order valence-corrected chi connectivity index (χ2v) is 4.57. The Bertz CT molecular complexity index is 750. The number of nitrogens with zero attached hydrogens (tertiary/aromatic N) is 2. The number of esters is 1. The smallest absolute Gasteiger partial charge is 0.360 e. The molecule has 0 aliphatic rings. The first-order valence-electron chi connectivity index (χ1n) is 6.10. The van der Waals surface area contributed by atoms with Gasteiger partial charge in [0.1, 0.15) is 18.1 Å². The lowest BCUT2D eigenvalue weighted by Crippen LogP contribution is -2.08. The Hall–Kier alpha value is -2.63. The summed E-state index contributed by atoms with van der Waals surface area (Å²) in [7, 11) is 1.25. The molecule has 8 heteroatoms. The largest absolute Gasteiger partial charge is 0.487 e. The average molecular weight is 323 g/mol. The molecule has 1 aromatic heterocycles. The van der Waals surface area contributed by atoms with E-state index in [1.165, 1.54) is 19.3 Å². The first-order chi connectivity index (χ1) is 10.6. The van der Waals surface area contributed by atoms with Gasteiger partial charge in [-0.3, -0.25) is 0 Å². The van der Waals surface area contributed by atoms with Gasteiger partial charge in [0.2, 0.25) is 6.08 Å². The molecule has 0 saturated heterocycles. The van der Waals surface area contributed by atoms with Crippen LogP contribution in [0.25, 0.3) is 0 Å². The molecule has 0 aliphatic heterocycles. The lowest BCUT2D eigenvalue weighted by Gasteiger charge is -2.08. The van der Waals surface area contributed by atoms with Crippen LogP contribution in [0.3, 0.4) is 0 Å². The summed E-state index contributed by atoms with van der Waals surface area (Å²) in [6, 6.07) is 4.57. The number of carbonyl (C=O) groups excluding carboxylic acids is 2. The van der Waals surface area contributed by atoms with Crippen LogP contribution < -0.4 is 4.74 Å². The molecule has 7 nitrogen and oxygen atoms in total. The molecule has 0 amide bonds. The normalized spacial score (nSPS) is 9.95. The summed E-state index contributed by atoms with van der Waals surface area (Å²) in [5, 5.41) is 3.91. The number of hydrogen-bond donors (Lipinski definition) is 0. The Morgan fingerprint density at radius 1 is 1.50 bits per heavy atom. The van der Waals surface area contributed by atoms with Crippen LogP contribution in [0.15, 0.2) is 27.7 Å². The van der Waals surface area contributed by atoms with Gasteiger partial charge in [-0.15, -0.1) is 0 Å². The first kappa shape index (κ1) is 15.8. The van der Waals surface area contributed by atoms with Crippen molar-refractivity contribution in [3.8, 4) is 5.75 Å². The number of aryl methyl sites for hydroxylation is 1. The summed E-state index contributed by atoms with van der Waals surface area (Å²) in [5.41, 5.74) is 0.889. The van der Waals surface area contributed by atoms with E-state index in [-0.39, 0.29) is 17.3 Å². The fourth-order valence-electron chi connectivity index (χ4n) is 1.70. The highest BCUT2D eigenvalue weighted by Gasteiger charge is 2.21. The van der Waals surface area contributed by atoms with Gasteiger partial charge in [0, 0.05) is 0 Å². The number of carbonyl (C=O) groups is 1. The van der Waals surface area contributed by atoms with E-state index in [0.29, 0.717) is 22.8 Å². The number of ether oxygens (including phenoxy) is 2.